The van der Waals surface area contributed by atoms with E-state index >= 15 is 0 Å². The lowest BCUT2D eigenvalue weighted by molar-refractivity contribution is -0.131. The van der Waals surface area contributed by atoms with Gasteiger partial charge < -0.3 is 10.0 Å². The summed E-state index contributed by atoms with van der Waals surface area (Å²) in [6, 6.07) is 5.89. The van der Waals surface area contributed by atoms with Crippen molar-refractivity contribution in [2.75, 3.05) is 13.1 Å². The van der Waals surface area contributed by atoms with Crippen molar-refractivity contribution < 1.29 is 14.3 Å². The van der Waals surface area contributed by atoms with E-state index in [1.165, 1.54) is 16.9 Å². The van der Waals surface area contributed by atoms with Gasteiger partial charge in [-0.15, -0.1) is 10.2 Å². The number of amides is 1. The van der Waals surface area contributed by atoms with Crippen LogP contribution in [0.2, 0.25) is 0 Å². The van der Waals surface area contributed by atoms with Crippen molar-refractivity contribution >= 4 is 5.91 Å². The summed E-state index contributed by atoms with van der Waals surface area (Å²) in [7, 11) is 0. The smallest absolute Gasteiger partial charge is 0.222 e. The van der Waals surface area contributed by atoms with Crippen LogP contribution >= 0.6 is 0 Å². The van der Waals surface area contributed by atoms with Gasteiger partial charge in [-0.3, -0.25) is 4.79 Å². The zero-order valence-corrected chi connectivity index (χ0v) is 14.4. The van der Waals surface area contributed by atoms with Gasteiger partial charge in [0, 0.05) is 31.0 Å². The Bertz CT molecular complexity index is 744. The SMILES string of the molecule is C[C@H]1CN(C(=O)CCCn2nnc(-c3ccc(F)cc3)n2)C[C@@]1(C)O. The Morgan fingerprint density at radius 1 is 1.40 bits per heavy atom. The van der Waals surface area contributed by atoms with Crippen LogP contribution in [0.25, 0.3) is 11.4 Å². The van der Waals surface area contributed by atoms with Gasteiger partial charge in [-0.05, 0) is 42.8 Å². The molecule has 7 nitrogen and oxygen atoms in total. The van der Waals surface area contributed by atoms with Gasteiger partial charge in [0.15, 0.2) is 0 Å². The minimum Gasteiger partial charge on any atom is -0.388 e. The second-order valence-corrected chi connectivity index (χ2v) is 6.85. The molecule has 0 saturated carbocycles. The Morgan fingerprint density at radius 2 is 2.12 bits per heavy atom. The fraction of sp³-hybridized carbons (Fsp3) is 0.529. The molecule has 25 heavy (non-hydrogen) atoms. The minimum absolute atomic E-state index is 0.0310. The van der Waals surface area contributed by atoms with Crippen LogP contribution in [-0.2, 0) is 11.3 Å². The van der Waals surface area contributed by atoms with E-state index in [2.05, 4.69) is 15.4 Å². The molecule has 0 unspecified atom stereocenters. The maximum absolute atomic E-state index is 12.9. The van der Waals surface area contributed by atoms with Crippen molar-refractivity contribution in [3.63, 3.8) is 0 Å². The molecule has 1 fully saturated rings. The van der Waals surface area contributed by atoms with Gasteiger partial charge in [0.05, 0.1) is 12.1 Å². The number of carbonyl (C=O) groups is 1. The summed E-state index contributed by atoms with van der Waals surface area (Å²) < 4.78 is 12.9. The average Bonchev–Trinajstić information content (AvgIpc) is 3.13. The van der Waals surface area contributed by atoms with Gasteiger partial charge in [-0.2, -0.15) is 4.80 Å². The number of β-amino-alcohol motifs (C(OH)–C–C–N with tert-alkyl or cyclic N) is 1. The van der Waals surface area contributed by atoms with Crippen molar-refractivity contribution in [2.24, 2.45) is 5.92 Å². The third kappa shape index (κ3) is 4.01. The van der Waals surface area contributed by atoms with Crippen LogP contribution in [0.3, 0.4) is 0 Å². The second-order valence-electron chi connectivity index (χ2n) is 6.85. The highest BCUT2D eigenvalue weighted by Gasteiger charge is 2.40. The summed E-state index contributed by atoms with van der Waals surface area (Å²) in [5.74, 6) is 0.218. The van der Waals surface area contributed by atoms with Gasteiger partial charge in [-0.1, -0.05) is 6.92 Å². The predicted octanol–water partition coefficient (Wildman–Crippen LogP) is 1.49. The summed E-state index contributed by atoms with van der Waals surface area (Å²) in [4.78, 5) is 15.4. The topological polar surface area (TPSA) is 84.1 Å². The van der Waals surface area contributed by atoms with Crippen molar-refractivity contribution in [1.29, 1.82) is 0 Å². The summed E-state index contributed by atoms with van der Waals surface area (Å²) in [5, 5.41) is 22.3. The van der Waals surface area contributed by atoms with E-state index in [4.69, 9.17) is 0 Å². The minimum atomic E-state index is -0.812. The fourth-order valence-corrected chi connectivity index (χ4v) is 2.91. The molecule has 2 heterocycles. The van der Waals surface area contributed by atoms with Crippen LogP contribution in [0.4, 0.5) is 4.39 Å². The number of rotatable bonds is 5. The van der Waals surface area contributed by atoms with Crippen molar-refractivity contribution in [2.45, 2.75) is 38.8 Å². The Morgan fingerprint density at radius 3 is 2.76 bits per heavy atom. The maximum Gasteiger partial charge on any atom is 0.222 e. The van der Waals surface area contributed by atoms with Crippen LogP contribution < -0.4 is 0 Å². The molecule has 8 heteroatoms. The molecule has 1 aliphatic heterocycles. The molecule has 2 aromatic rings. The molecule has 0 aliphatic carbocycles. The first-order chi connectivity index (χ1) is 11.8. The van der Waals surface area contributed by atoms with Gasteiger partial charge in [0.2, 0.25) is 11.7 Å². The average molecular weight is 347 g/mol. The standard InChI is InChI=1S/C17H22FN5O2/c1-12-10-22(11-17(12,2)25)15(24)4-3-9-23-20-16(19-21-23)13-5-7-14(18)8-6-13/h5-8,12,25H,3-4,9-11H2,1-2H3/t12-,17+/m0/s1. The molecule has 0 spiro atoms. The number of hydrogen-bond acceptors (Lipinski definition) is 5. The molecule has 2 atom stereocenters. The number of likely N-dealkylation sites (tertiary alicyclic amines) is 1. The number of hydrogen-bond donors (Lipinski definition) is 1. The monoisotopic (exact) mass is 347 g/mol. The summed E-state index contributed by atoms with van der Waals surface area (Å²) >= 11 is 0. The van der Waals surface area contributed by atoms with E-state index < -0.39 is 5.60 Å². The number of aromatic nitrogens is 4. The van der Waals surface area contributed by atoms with Crippen LogP contribution in [0.15, 0.2) is 24.3 Å². The number of aryl methyl sites for hydroxylation is 1. The third-order valence-corrected chi connectivity index (χ3v) is 4.72. The van der Waals surface area contributed by atoms with E-state index in [1.54, 1.807) is 24.0 Å². The van der Waals surface area contributed by atoms with Gasteiger partial charge in [0.1, 0.15) is 5.82 Å². The third-order valence-electron chi connectivity index (χ3n) is 4.72. The second kappa shape index (κ2) is 6.87. The molecule has 1 aromatic heterocycles. The van der Waals surface area contributed by atoms with E-state index in [1.807, 2.05) is 6.92 Å². The van der Waals surface area contributed by atoms with E-state index in [9.17, 15) is 14.3 Å². The molecule has 0 bridgehead atoms. The van der Waals surface area contributed by atoms with E-state index in [-0.39, 0.29) is 17.6 Å². The number of aliphatic hydroxyl groups is 1. The van der Waals surface area contributed by atoms with Crippen LogP contribution in [0, 0.1) is 11.7 Å². The molecular weight excluding hydrogens is 325 g/mol. The van der Waals surface area contributed by atoms with Gasteiger partial charge in [-0.25, -0.2) is 4.39 Å². The number of halogens is 1. The molecular formula is C17H22FN5O2. The highest BCUT2D eigenvalue weighted by molar-refractivity contribution is 5.76. The number of carbonyl (C=O) groups excluding carboxylic acids is 1. The number of nitrogens with zero attached hydrogens (tertiary/aromatic N) is 5. The van der Waals surface area contributed by atoms with Crippen LogP contribution in [0.5, 0.6) is 0 Å². The van der Waals surface area contributed by atoms with E-state index in [0.29, 0.717) is 43.9 Å². The molecule has 134 valence electrons. The highest BCUT2D eigenvalue weighted by atomic mass is 19.1. The van der Waals surface area contributed by atoms with Crippen molar-refractivity contribution in [1.82, 2.24) is 25.1 Å². The summed E-state index contributed by atoms with van der Waals surface area (Å²) in [5.41, 5.74) is -0.121. The quantitative estimate of drug-likeness (QED) is 0.886. The molecule has 1 aromatic carbocycles. The molecule has 0 radical (unpaired) electrons. The lowest BCUT2D eigenvalue weighted by Crippen LogP contribution is -2.35. The largest absolute Gasteiger partial charge is 0.388 e. The Hall–Kier alpha value is -2.35. The molecule has 1 saturated heterocycles. The summed E-state index contributed by atoms with van der Waals surface area (Å²) in [6.45, 7) is 5.15. The Labute approximate surface area is 145 Å². The zero-order valence-electron chi connectivity index (χ0n) is 14.4. The first-order valence-corrected chi connectivity index (χ1v) is 8.39. The molecule has 3 rings (SSSR count). The van der Waals surface area contributed by atoms with Crippen LogP contribution in [-0.4, -0.2) is 54.8 Å². The molecule has 1 N–H and O–H groups in total. The van der Waals surface area contributed by atoms with Crippen molar-refractivity contribution in [3.05, 3.63) is 30.1 Å². The van der Waals surface area contributed by atoms with Gasteiger partial charge in [0.25, 0.3) is 0 Å². The fourth-order valence-electron chi connectivity index (χ4n) is 2.91. The Balaban J connectivity index is 1.50. The lowest BCUT2D eigenvalue weighted by Gasteiger charge is -2.20. The summed E-state index contributed by atoms with van der Waals surface area (Å²) in [6.07, 6.45) is 0.960. The molecule has 1 aliphatic rings. The van der Waals surface area contributed by atoms with E-state index in [0.717, 1.165) is 0 Å². The highest BCUT2D eigenvalue weighted by Crippen LogP contribution is 2.27. The van der Waals surface area contributed by atoms with Crippen LogP contribution in [0.1, 0.15) is 26.7 Å². The first kappa shape index (κ1) is 17.5. The van der Waals surface area contributed by atoms with Crippen molar-refractivity contribution in [3.8, 4) is 11.4 Å². The number of benzene rings is 1. The molecule has 1 amide bonds. The number of tetrazole rings is 1. The normalized spacial score (nSPS) is 23.2. The zero-order chi connectivity index (χ0) is 18.0. The maximum atomic E-state index is 12.9. The predicted molar refractivity (Wildman–Crippen MR) is 88.8 cm³/mol. The lowest BCUT2D eigenvalue weighted by atomic mass is 9.95. The Kier molecular flexibility index (Phi) is 4.80. The van der Waals surface area contributed by atoms with Gasteiger partial charge >= 0.3 is 0 Å². The first-order valence-electron chi connectivity index (χ1n) is 8.39.